The third kappa shape index (κ3) is 5.31. The van der Waals surface area contributed by atoms with Crippen LogP contribution in [0.3, 0.4) is 0 Å². The Kier molecular flexibility index (Phi) is 7.89. The number of rotatable bonds is 10. The Bertz CT molecular complexity index is 1650. The summed E-state index contributed by atoms with van der Waals surface area (Å²) in [7, 11) is -2.12. The van der Waals surface area contributed by atoms with Gasteiger partial charge in [-0.15, -0.1) is 0 Å². The highest BCUT2D eigenvalue weighted by Crippen LogP contribution is 2.42. The largest absolute Gasteiger partial charge is 0.357 e. The quantitative estimate of drug-likeness (QED) is 0.304. The van der Waals surface area contributed by atoms with Gasteiger partial charge in [0.2, 0.25) is 11.8 Å². The summed E-state index contributed by atoms with van der Waals surface area (Å²) < 4.78 is 28.1. The zero-order valence-corrected chi connectivity index (χ0v) is 23.5. The summed E-state index contributed by atoms with van der Waals surface area (Å²) in [6.45, 7) is 2.44. The number of carbonyl (C=O) groups excluding carboxylic acids is 2. The lowest BCUT2D eigenvalue weighted by Gasteiger charge is -2.32. The van der Waals surface area contributed by atoms with Crippen LogP contribution < -0.4 is 9.62 Å². The molecular weight excluding hydrogens is 522 g/mol. The summed E-state index contributed by atoms with van der Waals surface area (Å²) in [5, 5.41) is 4.33. The van der Waals surface area contributed by atoms with E-state index in [9.17, 15) is 18.0 Å². The smallest absolute Gasteiger partial charge is 0.265 e. The second kappa shape index (κ2) is 11.5. The van der Waals surface area contributed by atoms with Gasteiger partial charge in [-0.2, -0.15) is 0 Å². The number of anilines is 1. The molecule has 0 spiro atoms. The molecule has 206 valence electrons. The Morgan fingerprint density at radius 1 is 0.900 bits per heavy atom. The first-order chi connectivity index (χ1) is 19.3. The lowest BCUT2D eigenvalue weighted by molar-refractivity contribution is -0.141. The van der Waals surface area contributed by atoms with Gasteiger partial charge >= 0.3 is 0 Å². The van der Waals surface area contributed by atoms with E-state index in [2.05, 4.69) is 5.32 Å². The first-order valence-corrected chi connectivity index (χ1v) is 14.9. The van der Waals surface area contributed by atoms with E-state index >= 15 is 0 Å². The fourth-order valence-corrected chi connectivity index (χ4v) is 7.16. The molecule has 1 atom stereocenters. The van der Waals surface area contributed by atoms with Gasteiger partial charge in [-0.1, -0.05) is 78.9 Å². The van der Waals surface area contributed by atoms with Gasteiger partial charge in [-0.25, -0.2) is 8.42 Å². The Balaban J connectivity index is 1.38. The number of hydrogen-bond donors (Lipinski definition) is 1. The van der Waals surface area contributed by atoms with Gasteiger partial charge in [0.05, 0.1) is 10.6 Å². The van der Waals surface area contributed by atoms with Crippen molar-refractivity contribution in [2.24, 2.45) is 0 Å². The van der Waals surface area contributed by atoms with Crippen LogP contribution >= 0.6 is 0 Å². The van der Waals surface area contributed by atoms with Gasteiger partial charge in [0, 0.05) is 38.4 Å². The maximum absolute atomic E-state index is 13.8. The molecule has 0 aliphatic carbocycles. The van der Waals surface area contributed by atoms with E-state index in [0.717, 1.165) is 27.5 Å². The van der Waals surface area contributed by atoms with Crippen molar-refractivity contribution >= 4 is 38.3 Å². The van der Waals surface area contributed by atoms with Crippen molar-refractivity contribution in [3.63, 3.8) is 0 Å². The summed E-state index contributed by atoms with van der Waals surface area (Å²) in [4.78, 5) is 28.9. The number of benzene rings is 4. The van der Waals surface area contributed by atoms with Gasteiger partial charge in [-0.3, -0.25) is 13.9 Å². The van der Waals surface area contributed by atoms with E-state index in [0.29, 0.717) is 23.4 Å². The van der Waals surface area contributed by atoms with E-state index < -0.39 is 16.1 Å². The molecule has 2 amide bonds. The Hall–Kier alpha value is -4.17. The van der Waals surface area contributed by atoms with Crippen molar-refractivity contribution in [2.45, 2.75) is 43.7 Å². The van der Waals surface area contributed by atoms with Gasteiger partial charge in [-0.05, 0) is 47.6 Å². The molecule has 1 aliphatic rings. The molecular formula is C32H33N3O4S. The minimum Gasteiger partial charge on any atom is -0.357 e. The van der Waals surface area contributed by atoms with E-state index in [1.54, 1.807) is 24.1 Å². The van der Waals surface area contributed by atoms with E-state index in [-0.39, 0.29) is 31.3 Å². The van der Waals surface area contributed by atoms with Gasteiger partial charge < -0.3 is 10.2 Å². The van der Waals surface area contributed by atoms with Crippen molar-refractivity contribution in [2.75, 3.05) is 17.9 Å². The topological polar surface area (TPSA) is 86.8 Å². The third-order valence-corrected chi connectivity index (χ3v) is 9.41. The Labute approximate surface area is 235 Å². The van der Waals surface area contributed by atoms with Crippen LogP contribution in [0.4, 0.5) is 5.69 Å². The van der Waals surface area contributed by atoms with Gasteiger partial charge in [0.25, 0.3) is 10.0 Å². The number of aryl methyl sites for hydroxylation is 1. The minimum absolute atomic E-state index is 0.104. The van der Waals surface area contributed by atoms with Crippen LogP contribution in [0.1, 0.15) is 29.5 Å². The van der Waals surface area contributed by atoms with E-state index in [4.69, 9.17) is 0 Å². The summed E-state index contributed by atoms with van der Waals surface area (Å²) in [5.74, 6) is -0.435. The highest BCUT2D eigenvalue weighted by atomic mass is 32.2. The fraction of sp³-hybridized carbons (Fsp3) is 0.250. The molecule has 40 heavy (non-hydrogen) atoms. The normalized spacial score (nSPS) is 14.2. The number of hydrogen-bond acceptors (Lipinski definition) is 4. The molecule has 0 saturated heterocycles. The maximum atomic E-state index is 13.8. The molecule has 0 aromatic heterocycles. The second-order valence-electron chi connectivity index (χ2n) is 10.1. The van der Waals surface area contributed by atoms with E-state index in [1.807, 2.05) is 85.8 Å². The molecule has 0 saturated carbocycles. The SMILES string of the molecule is CNC(=O)[C@H](Cc1ccccc1)N(Cc1ccccc1C)C(=O)CCCN1c2cccc3cccc(c23)S1(=O)=O. The lowest BCUT2D eigenvalue weighted by atomic mass is 10.0. The molecule has 1 N–H and O–H groups in total. The predicted octanol–water partition coefficient (Wildman–Crippen LogP) is 4.82. The lowest BCUT2D eigenvalue weighted by Crippen LogP contribution is -2.49. The molecule has 7 nitrogen and oxygen atoms in total. The van der Waals surface area contributed by atoms with Gasteiger partial charge in [0.1, 0.15) is 6.04 Å². The van der Waals surface area contributed by atoms with E-state index in [1.165, 1.54) is 4.31 Å². The van der Waals surface area contributed by atoms with Crippen LogP contribution in [-0.4, -0.2) is 44.8 Å². The molecule has 0 fully saturated rings. The summed E-state index contributed by atoms with van der Waals surface area (Å²) in [6.07, 6.45) is 0.793. The average Bonchev–Trinajstić information content (AvgIpc) is 3.19. The first kappa shape index (κ1) is 27.4. The Morgan fingerprint density at radius 3 is 2.33 bits per heavy atom. The molecule has 4 aromatic rings. The molecule has 0 radical (unpaired) electrons. The summed E-state index contributed by atoms with van der Waals surface area (Å²) in [5.41, 5.74) is 3.59. The average molecular weight is 556 g/mol. The van der Waals surface area contributed by atoms with Crippen LogP contribution in [-0.2, 0) is 32.6 Å². The summed E-state index contributed by atoms with van der Waals surface area (Å²) >= 11 is 0. The molecule has 5 rings (SSSR count). The predicted molar refractivity (Wildman–Crippen MR) is 157 cm³/mol. The third-order valence-electron chi connectivity index (χ3n) is 7.55. The monoisotopic (exact) mass is 555 g/mol. The number of nitrogens with zero attached hydrogens (tertiary/aromatic N) is 2. The number of likely N-dealkylation sites (N-methyl/N-ethyl adjacent to an activating group) is 1. The van der Waals surface area contributed by atoms with Crippen LogP contribution in [0, 0.1) is 6.92 Å². The minimum atomic E-state index is -3.70. The number of carbonyl (C=O) groups is 2. The first-order valence-electron chi connectivity index (χ1n) is 13.4. The van der Waals surface area contributed by atoms with Crippen LogP contribution in [0.5, 0.6) is 0 Å². The highest BCUT2D eigenvalue weighted by molar-refractivity contribution is 7.93. The molecule has 4 aromatic carbocycles. The van der Waals surface area contributed by atoms with Gasteiger partial charge in [0.15, 0.2) is 0 Å². The number of nitrogens with one attached hydrogen (secondary N) is 1. The highest BCUT2D eigenvalue weighted by Gasteiger charge is 2.36. The number of sulfonamides is 1. The van der Waals surface area contributed by atoms with Crippen molar-refractivity contribution in [1.82, 2.24) is 10.2 Å². The standard InChI is InChI=1S/C32H33N3O4S/c1-23-11-6-7-14-26(23)22-34(28(32(37)33-2)21-24-12-4-3-5-13-24)30(36)19-10-20-35-27-17-8-15-25-16-9-18-29(31(25)27)40(35,38)39/h3-9,11-18,28H,10,19-22H2,1-2H3,(H,33,37)/t28-/m0/s1. The van der Waals surface area contributed by atoms with Crippen molar-refractivity contribution in [1.29, 1.82) is 0 Å². The summed E-state index contributed by atoms with van der Waals surface area (Å²) in [6, 6.07) is 27.6. The van der Waals surface area contributed by atoms with Crippen molar-refractivity contribution in [3.05, 3.63) is 108 Å². The van der Waals surface area contributed by atoms with Crippen LogP contribution in [0.2, 0.25) is 0 Å². The fourth-order valence-electron chi connectivity index (χ4n) is 5.41. The maximum Gasteiger partial charge on any atom is 0.265 e. The molecule has 1 aliphatic heterocycles. The molecule has 1 heterocycles. The van der Waals surface area contributed by atoms with Crippen molar-refractivity contribution in [3.8, 4) is 0 Å². The molecule has 0 bridgehead atoms. The second-order valence-corrected chi connectivity index (χ2v) is 11.9. The van der Waals surface area contributed by atoms with Crippen LogP contribution in [0.15, 0.2) is 95.9 Å². The molecule has 8 heteroatoms. The molecule has 0 unspecified atom stereocenters. The zero-order chi connectivity index (χ0) is 28.3. The van der Waals surface area contributed by atoms with Crippen molar-refractivity contribution < 1.29 is 18.0 Å². The zero-order valence-electron chi connectivity index (χ0n) is 22.7. The Morgan fingerprint density at radius 2 is 1.60 bits per heavy atom. The number of amides is 2. The van der Waals surface area contributed by atoms with Crippen LogP contribution in [0.25, 0.3) is 10.8 Å².